The molecule has 0 unspecified atom stereocenters. The molecule has 1 saturated carbocycles. The topological polar surface area (TPSA) is 47.6 Å². The third-order valence-corrected chi connectivity index (χ3v) is 3.64. The fourth-order valence-corrected chi connectivity index (χ4v) is 2.30. The second kappa shape index (κ2) is 6.22. The van der Waals surface area contributed by atoms with Gasteiger partial charge in [-0.25, -0.2) is 0 Å². The van der Waals surface area contributed by atoms with E-state index in [1.165, 1.54) is 18.4 Å². The van der Waals surface area contributed by atoms with Crippen LogP contribution in [0.5, 0.6) is 0 Å². The van der Waals surface area contributed by atoms with Crippen LogP contribution in [-0.4, -0.2) is 18.4 Å². The summed E-state index contributed by atoms with van der Waals surface area (Å²) >= 11 is 0. The summed E-state index contributed by atoms with van der Waals surface area (Å²) in [6.45, 7) is 2.10. The number of allylic oxidation sites excluding steroid dienone is 1. The van der Waals surface area contributed by atoms with E-state index in [9.17, 15) is 18.0 Å². The van der Waals surface area contributed by atoms with E-state index in [0.717, 1.165) is 25.0 Å². The molecule has 1 heterocycles. The van der Waals surface area contributed by atoms with Crippen molar-refractivity contribution in [2.45, 2.75) is 32.0 Å². The van der Waals surface area contributed by atoms with E-state index in [0.29, 0.717) is 6.61 Å². The van der Waals surface area contributed by atoms with Crippen molar-refractivity contribution in [3.8, 4) is 0 Å². The zero-order chi connectivity index (χ0) is 17.3. The van der Waals surface area contributed by atoms with Crippen molar-refractivity contribution in [1.29, 1.82) is 0 Å². The summed E-state index contributed by atoms with van der Waals surface area (Å²) in [4.78, 5) is 12.5. The largest absolute Gasteiger partial charge is 0.497 e. The molecule has 4 nitrogen and oxygen atoms in total. The third-order valence-electron chi connectivity index (χ3n) is 3.64. The Balaban J connectivity index is 1.99. The highest BCUT2D eigenvalue weighted by molar-refractivity contribution is 6.30. The number of ketones is 1. The van der Waals surface area contributed by atoms with Crippen molar-refractivity contribution in [3.05, 3.63) is 53.3 Å². The first kappa shape index (κ1) is 16.4. The predicted molar refractivity (Wildman–Crippen MR) is 80.3 cm³/mol. The Morgan fingerprint density at radius 2 is 2.12 bits per heavy atom. The number of carbonyl (C=O) groups excluding carboxylic acids is 1. The average Bonchev–Trinajstić information content (AvgIpc) is 3.29. The maximum Gasteiger partial charge on any atom is 0.416 e. The first-order valence-electron chi connectivity index (χ1n) is 7.63. The van der Waals surface area contributed by atoms with Crippen LogP contribution in [0, 0.1) is 0 Å². The molecule has 0 bridgehead atoms. The molecule has 24 heavy (non-hydrogen) atoms. The summed E-state index contributed by atoms with van der Waals surface area (Å²) in [5.41, 5.74) is -0.551. The zero-order valence-corrected chi connectivity index (χ0v) is 12.9. The molecule has 7 heteroatoms. The van der Waals surface area contributed by atoms with Crippen LogP contribution < -0.4 is 5.32 Å². The number of halogens is 3. The molecular formula is C17H16F3NO3. The van der Waals surface area contributed by atoms with E-state index in [2.05, 4.69) is 5.32 Å². The van der Waals surface area contributed by atoms with Crippen molar-refractivity contribution < 1.29 is 27.4 Å². The van der Waals surface area contributed by atoms with Crippen LogP contribution in [-0.2, 0) is 20.4 Å². The standard InChI is InChI=1S/C17H16F3NO3/c1-2-23-9-13-15(22)14(16(24-13)21-12-6-7-12)10-4-3-5-11(8-10)17(18,19)20/h3-5,8-9,12,21H,2,6-7H2,1H3/b13-9-. The summed E-state index contributed by atoms with van der Waals surface area (Å²) in [5, 5.41) is 3.06. The van der Waals surface area contributed by atoms with Crippen molar-refractivity contribution in [1.82, 2.24) is 5.32 Å². The molecule has 0 saturated heterocycles. The Morgan fingerprint density at radius 1 is 1.38 bits per heavy atom. The maximum absolute atomic E-state index is 12.9. The van der Waals surface area contributed by atoms with Gasteiger partial charge in [-0.1, -0.05) is 12.1 Å². The van der Waals surface area contributed by atoms with Crippen molar-refractivity contribution in [2.24, 2.45) is 0 Å². The molecule has 1 aromatic carbocycles. The van der Waals surface area contributed by atoms with Crippen molar-refractivity contribution in [3.63, 3.8) is 0 Å². The van der Waals surface area contributed by atoms with Gasteiger partial charge in [0.2, 0.25) is 17.4 Å². The quantitative estimate of drug-likeness (QED) is 0.658. The normalized spacial score (nSPS) is 19.7. The van der Waals surface area contributed by atoms with Crippen LogP contribution in [0.1, 0.15) is 30.9 Å². The summed E-state index contributed by atoms with van der Waals surface area (Å²) < 4.78 is 49.4. The number of rotatable bonds is 5. The van der Waals surface area contributed by atoms with Gasteiger partial charge >= 0.3 is 6.18 Å². The molecule has 1 aromatic rings. The van der Waals surface area contributed by atoms with Crippen LogP contribution in [0.4, 0.5) is 13.2 Å². The molecule has 3 rings (SSSR count). The molecule has 2 aliphatic rings. The maximum atomic E-state index is 12.9. The Hall–Kier alpha value is -2.44. The van der Waals surface area contributed by atoms with Crippen molar-refractivity contribution in [2.75, 3.05) is 6.61 Å². The molecule has 0 amide bonds. The summed E-state index contributed by atoms with van der Waals surface area (Å²) in [6.07, 6.45) is -1.42. The Kier molecular flexibility index (Phi) is 4.26. The molecule has 0 spiro atoms. The summed E-state index contributed by atoms with van der Waals surface area (Å²) in [5.74, 6) is -0.342. The van der Waals surface area contributed by atoms with Gasteiger partial charge in [-0.2, -0.15) is 13.2 Å². The second-order valence-electron chi connectivity index (χ2n) is 5.57. The van der Waals surface area contributed by atoms with Gasteiger partial charge in [-0.3, -0.25) is 4.79 Å². The van der Waals surface area contributed by atoms with Crippen LogP contribution in [0.25, 0.3) is 5.57 Å². The number of nitrogens with one attached hydrogen (secondary N) is 1. The van der Waals surface area contributed by atoms with Gasteiger partial charge < -0.3 is 14.8 Å². The molecule has 1 aliphatic heterocycles. The van der Waals surface area contributed by atoms with Crippen molar-refractivity contribution >= 4 is 11.4 Å². The zero-order valence-electron chi connectivity index (χ0n) is 12.9. The highest BCUT2D eigenvalue weighted by atomic mass is 19.4. The van der Waals surface area contributed by atoms with Gasteiger partial charge in [-0.05, 0) is 37.5 Å². The number of alkyl halides is 3. The molecular weight excluding hydrogens is 323 g/mol. The van der Waals surface area contributed by atoms with E-state index >= 15 is 0 Å². The van der Waals surface area contributed by atoms with Gasteiger partial charge in [0.25, 0.3) is 0 Å². The molecule has 128 valence electrons. The molecule has 1 aliphatic carbocycles. The molecule has 1 N–H and O–H groups in total. The molecule has 0 radical (unpaired) electrons. The Morgan fingerprint density at radius 3 is 2.75 bits per heavy atom. The third kappa shape index (κ3) is 3.39. The highest BCUT2D eigenvalue weighted by Crippen LogP contribution is 2.36. The van der Waals surface area contributed by atoms with Crippen LogP contribution in [0.2, 0.25) is 0 Å². The van der Waals surface area contributed by atoms with Gasteiger partial charge in [0.1, 0.15) is 6.26 Å². The fourth-order valence-electron chi connectivity index (χ4n) is 2.30. The minimum atomic E-state index is -4.48. The Bertz CT molecular complexity index is 718. The van der Waals surface area contributed by atoms with E-state index in [4.69, 9.17) is 9.47 Å². The number of Topliss-reactive ketones (excluding diaryl/α,β-unsaturated/α-hetero) is 1. The number of carbonyl (C=O) groups is 1. The minimum absolute atomic E-state index is 0.0348. The first-order chi connectivity index (χ1) is 11.4. The minimum Gasteiger partial charge on any atom is -0.497 e. The predicted octanol–water partition coefficient (Wildman–Crippen LogP) is 3.60. The average molecular weight is 339 g/mol. The van der Waals surface area contributed by atoms with Gasteiger partial charge in [0.15, 0.2) is 0 Å². The number of hydrogen-bond donors (Lipinski definition) is 1. The van der Waals surface area contributed by atoms with Gasteiger partial charge in [0.05, 0.1) is 17.7 Å². The number of ether oxygens (including phenoxy) is 2. The van der Waals surface area contributed by atoms with Crippen LogP contribution in [0.3, 0.4) is 0 Å². The Labute approximate surface area is 136 Å². The van der Waals surface area contributed by atoms with Crippen LogP contribution >= 0.6 is 0 Å². The lowest BCUT2D eigenvalue weighted by Gasteiger charge is -2.10. The molecule has 0 aromatic heterocycles. The van der Waals surface area contributed by atoms with Gasteiger partial charge in [-0.15, -0.1) is 0 Å². The lowest BCUT2D eigenvalue weighted by molar-refractivity contribution is -0.137. The van der Waals surface area contributed by atoms with E-state index in [-0.39, 0.29) is 28.8 Å². The molecule has 1 fully saturated rings. The molecule has 0 atom stereocenters. The lowest BCUT2D eigenvalue weighted by Crippen LogP contribution is -2.16. The van der Waals surface area contributed by atoms with Crippen LogP contribution in [0.15, 0.2) is 42.2 Å². The number of hydrogen-bond acceptors (Lipinski definition) is 4. The lowest BCUT2D eigenvalue weighted by atomic mass is 10.00. The highest BCUT2D eigenvalue weighted by Gasteiger charge is 2.37. The van der Waals surface area contributed by atoms with E-state index in [1.54, 1.807) is 6.92 Å². The first-order valence-corrected chi connectivity index (χ1v) is 7.63. The second-order valence-corrected chi connectivity index (χ2v) is 5.57. The number of benzene rings is 1. The summed E-state index contributed by atoms with van der Waals surface area (Å²) in [7, 11) is 0. The van der Waals surface area contributed by atoms with E-state index in [1.807, 2.05) is 0 Å². The summed E-state index contributed by atoms with van der Waals surface area (Å²) in [6, 6.07) is 4.84. The monoisotopic (exact) mass is 339 g/mol. The fraction of sp³-hybridized carbons (Fsp3) is 0.353. The van der Waals surface area contributed by atoms with Gasteiger partial charge in [0, 0.05) is 6.04 Å². The smallest absolute Gasteiger partial charge is 0.416 e. The SMILES string of the molecule is CCO/C=C1\OC(NC2CC2)=C(c2cccc(C(F)(F)F)c2)C1=O. The van der Waals surface area contributed by atoms with E-state index < -0.39 is 17.5 Å².